The van der Waals surface area contributed by atoms with Crippen LogP contribution < -0.4 is 0 Å². The molecule has 0 unspecified atom stereocenters. The number of alkyl halides is 2. The summed E-state index contributed by atoms with van der Waals surface area (Å²) in [5, 5.41) is 0. The van der Waals surface area contributed by atoms with Crippen LogP contribution in [-0.2, 0) is 6.42 Å². The monoisotopic (exact) mass is 156 g/mol. The highest BCUT2D eigenvalue weighted by Gasteiger charge is 2.05. The standard InChI is InChI=1S/C9H10F2/c1-7-4-2-3-5-8(7)6-9(10)11/h2-5,9H,6H2,1H3. The summed E-state index contributed by atoms with van der Waals surface area (Å²) in [6.07, 6.45) is -2.37. The van der Waals surface area contributed by atoms with E-state index in [-0.39, 0.29) is 6.42 Å². The van der Waals surface area contributed by atoms with Crippen molar-refractivity contribution < 1.29 is 8.78 Å². The molecule has 1 aromatic rings. The van der Waals surface area contributed by atoms with Crippen LogP contribution in [0.25, 0.3) is 0 Å². The zero-order chi connectivity index (χ0) is 8.27. The van der Waals surface area contributed by atoms with E-state index >= 15 is 0 Å². The second-order valence-corrected chi connectivity index (χ2v) is 2.52. The molecule has 0 radical (unpaired) electrons. The van der Waals surface area contributed by atoms with Gasteiger partial charge in [0.15, 0.2) is 0 Å². The third kappa shape index (κ3) is 2.30. The molecule has 0 nitrogen and oxygen atoms in total. The van der Waals surface area contributed by atoms with Crippen molar-refractivity contribution in [2.75, 3.05) is 0 Å². The average Bonchev–Trinajstić information content (AvgIpc) is 1.93. The zero-order valence-electron chi connectivity index (χ0n) is 6.35. The van der Waals surface area contributed by atoms with Gasteiger partial charge in [0.2, 0.25) is 6.43 Å². The van der Waals surface area contributed by atoms with Gasteiger partial charge in [-0.1, -0.05) is 24.3 Å². The summed E-state index contributed by atoms with van der Waals surface area (Å²) in [6, 6.07) is 7.22. The molecular formula is C9H10F2. The molecule has 11 heavy (non-hydrogen) atoms. The molecule has 0 saturated heterocycles. The Morgan fingerprint density at radius 3 is 2.45 bits per heavy atom. The molecule has 0 aliphatic carbocycles. The fourth-order valence-electron chi connectivity index (χ4n) is 1.01. The van der Waals surface area contributed by atoms with E-state index in [1.165, 1.54) is 0 Å². The fourth-order valence-corrected chi connectivity index (χ4v) is 1.01. The van der Waals surface area contributed by atoms with Crippen molar-refractivity contribution in [1.82, 2.24) is 0 Å². The van der Waals surface area contributed by atoms with E-state index in [9.17, 15) is 8.78 Å². The predicted octanol–water partition coefficient (Wildman–Crippen LogP) is 2.80. The molecule has 0 spiro atoms. The van der Waals surface area contributed by atoms with Gasteiger partial charge in [0.05, 0.1) is 0 Å². The smallest absolute Gasteiger partial charge is 0.210 e. The first kappa shape index (κ1) is 8.18. The molecule has 0 aromatic heterocycles. The van der Waals surface area contributed by atoms with Gasteiger partial charge >= 0.3 is 0 Å². The van der Waals surface area contributed by atoms with E-state index in [1.54, 1.807) is 12.1 Å². The summed E-state index contributed by atoms with van der Waals surface area (Å²) in [5.41, 5.74) is 1.68. The van der Waals surface area contributed by atoms with Crippen LogP contribution in [0.1, 0.15) is 11.1 Å². The van der Waals surface area contributed by atoms with Gasteiger partial charge in [-0.2, -0.15) is 0 Å². The number of rotatable bonds is 2. The van der Waals surface area contributed by atoms with E-state index in [2.05, 4.69) is 0 Å². The molecule has 1 aromatic carbocycles. The highest BCUT2D eigenvalue weighted by molar-refractivity contribution is 5.25. The SMILES string of the molecule is Cc1ccccc1CC(F)F. The van der Waals surface area contributed by atoms with Gasteiger partial charge in [-0.3, -0.25) is 0 Å². The lowest BCUT2D eigenvalue weighted by Gasteiger charge is -2.02. The van der Waals surface area contributed by atoms with Gasteiger partial charge in [-0.05, 0) is 18.1 Å². The quantitative estimate of drug-likeness (QED) is 0.617. The van der Waals surface area contributed by atoms with E-state index in [4.69, 9.17) is 0 Å². The molecule has 0 fully saturated rings. The Morgan fingerprint density at radius 2 is 1.91 bits per heavy atom. The summed E-state index contributed by atoms with van der Waals surface area (Å²) >= 11 is 0. The Bertz CT molecular complexity index is 231. The minimum Gasteiger partial charge on any atom is -0.210 e. The maximum absolute atomic E-state index is 11.9. The normalized spacial score (nSPS) is 10.5. The van der Waals surface area contributed by atoms with Crippen LogP contribution in [0.5, 0.6) is 0 Å². The molecule has 0 saturated carbocycles. The van der Waals surface area contributed by atoms with E-state index in [0.717, 1.165) is 11.1 Å². The second-order valence-electron chi connectivity index (χ2n) is 2.52. The first-order valence-corrected chi connectivity index (χ1v) is 3.53. The predicted molar refractivity (Wildman–Crippen MR) is 40.9 cm³/mol. The molecule has 0 aliphatic heterocycles. The van der Waals surface area contributed by atoms with Crippen LogP contribution in [0.4, 0.5) is 8.78 Å². The summed E-state index contributed by atoms with van der Waals surface area (Å²) in [7, 11) is 0. The summed E-state index contributed by atoms with van der Waals surface area (Å²) in [5.74, 6) is 0. The average molecular weight is 156 g/mol. The number of benzene rings is 1. The number of hydrogen-bond acceptors (Lipinski definition) is 0. The largest absolute Gasteiger partial charge is 0.242 e. The highest BCUT2D eigenvalue weighted by Crippen LogP contribution is 2.11. The number of hydrogen-bond donors (Lipinski definition) is 0. The topological polar surface area (TPSA) is 0 Å². The van der Waals surface area contributed by atoms with Crippen LogP contribution in [0.3, 0.4) is 0 Å². The van der Waals surface area contributed by atoms with Crippen molar-refractivity contribution in [2.45, 2.75) is 19.8 Å². The van der Waals surface area contributed by atoms with Crippen LogP contribution in [-0.4, -0.2) is 6.43 Å². The van der Waals surface area contributed by atoms with Crippen LogP contribution in [0.2, 0.25) is 0 Å². The van der Waals surface area contributed by atoms with E-state index < -0.39 is 6.43 Å². The molecular weight excluding hydrogens is 146 g/mol. The van der Waals surface area contributed by atoms with Gasteiger partial charge in [0, 0.05) is 6.42 Å². The van der Waals surface area contributed by atoms with Gasteiger partial charge in [-0.15, -0.1) is 0 Å². The third-order valence-electron chi connectivity index (χ3n) is 1.64. The van der Waals surface area contributed by atoms with E-state index in [0.29, 0.717) is 0 Å². The molecule has 0 bridgehead atoms. The maximum Gasteiger partial charge on any atom is 0.242 e. The molecule has 0 aliphatic rings. The van der Waals surface area contributed by atoms with Gasteiger partial charge in [0.1, 0.15) is 0 Å². The lowest BCUT2D eigenvalue weighted by Crippen LogP contribution is -1.98. The van der Waals surface area contributed by atoms with Gasteiger partial charge in [0.25, 0.3) is 0 Å². The third-order valence-corrected chi connectivity index (χ3v) is 1.64. The summed E-state index contributed by atoms with van der Waals surface area (Å²) in [4.78, 5) is 0. The number of aryl methyl sites for hydroxylation is 1. The van der Waals surface area contributed by atoms with Crippen molar-refractivity contribution in [3.8, 4) is 0 Å². The van der Waals surface area contributed by atoms with Crippen molar-refractivity contribution >= 4 is 0 Å². The van der Waals surface area contributed by atoms with Crippen molar-refractivity contribution in [2.24, 2.45) is 0 Å². The molecule has 0 atom stereocenters. The first-order valence-electron chi connectivity index (χ1n) is 3.53. The lowest BCUT2D eigenvalue weighted by atomic mass is 10.1. The zero-order valence-corrected chi connectivity index (χ0v) is 6.35. The van der Waals surface area contributed by atoms with Crippen LogP contribution in [0, 0.1) is 6.92 Å². The molecule has 0 heterocycles. The Hall–Kier alpha value is -0.920. The first-order chi connectivity index (χ1) is 5.20. The van der Waals surface area contributed by atoms with Crippen LogP contribution in [0.15, 0.2) is 24.3 Å². The Labute approximate surface area is 64.9 Å². The van der Waals surface area contributed by atoms with Gasteiger partial charge < -0.3 is 0 Å². The molecule has 2 heteroatoms. The minimum absolute atomic E-state index is 0.132. The minimum atomic E-state index is -2.24. The highest BCUT2D eigenvalue weighted by atomic mass is 19.3. The molecule has 0 N–H and O–H groups in total. The molecule has 60 valence electrons. The number of halogens is 2. The Balaban J connectivity index is 2.78. The molecule has 1 rings (SSSR count). The van der Waals surface area contributed by atoms with E-state index in [1.807, 2.05) is 19.1 Å². The summed E-state index contributed by atoms with van der Waals surface area (Å²) < 4.78 is 23.8. The summed E-state index contributed by atoms with van der Waals surface area (Å²) in [6.45, 7) is 1.84. The van der Waals surface area contributed by atoms with Crippen molar-refractivity contribution in [1.29, 1.82) is 0 Å². The van der Waals surface area contributed by atoms with Crippen LogP contribution >= 0.6 is 0 Å². The fraction of sp³-hybridized carbons (Fsp3) is 0.333. The van der Waals surface area contributed by atoms with Crippen molar-refractivity contribution in [3.05, 3.63) is 35.4 Å². The van der Waals surface area contributed by atoms with Crippen molar-refractivity contribution in [3.63, 3.8) is 0 Å². The molecule has 0 amide bonds. The Morgan fingerprint density at radius 1 is 1.27 bits per heavy atom. The maximum atomic E-state index is 11.9. The lowest BCUT2D eigenvalue weighted by molar-refractivity contribution is 0.149. The Kier molecular flexibility index (Phi) is 2.58. The van der Waals surface area contributed by atoms with Gasteiger partial charge in [-0.25, -0.2) is 8.78 Å². The second kappa shape index (κ2) is 3.46.